The van der Waals surface area contributed by atoms with Gasteiger partial charge in [-0.3, -0.25) is 4.79 Å². The zero-order valence-corrected chi connectivity index (χ0v) is 11.6. The molecule has 1 aliphatic rings. The highest BCUT2D eigenvalue weighted by Crippen LogP contribution is 2.24. The first-order valence-corrected chi connectivity index (χ1v) is 7.19. The number of phenolic OH excluding ortho intramolecular Hbond substituents is 2. The maximum Gasteiger partial charge on any atom is 0.251 e. The molecule has 0 saturated carbocycles. The molecule has 3 N–H and O–H groups in total. The van der Waals surface area contributed by atoms with Crippen molar-refractivity contribution < 1.29 is 15.0 Å². The van der Waals surface area contributed by atoms with Gasteiger partial charge in [0.05, 0.1) is 0 Å². The second-order valence-electron chi connectivity index (χ2n) is 5.22. The Bertz CT molecular complexity index is 456. The number of amides is 1. The van der Waals surface area contributed by atoms with Gasteiger partial charge in [-0.15, -0.1) is 0 Å². The van der Waals surface area contributed by atoms with E-state index in [-0.39, 0.29) is 17.4 Å². The van der Waals surface area contributed by atoms with Crippen molar-refractivity contribution in [1.82, 2.24) is 10.2 Å². The van der Waals surface area contributed by atoms with Crippen LogP contribution in [0.3, 0.4) is 0 Å². The molecule has 0 atom stereocenters. The first-order valence-electron chi connectivity index (χ1n) is 7.19. The lowest BCUT2D eigenvalue weighted by atomic mass is 10.1. The van der Waals surface area contributed by atoms with Gasteiger partial charge in [-0.2, -0.15) is 0 Å². The minimum absolute atomic E-state index is 0.216. The highest BCUT2D eigenvalue weighted by molar-refractivity contribution is 5.94. The molecule has 0 aliphatic carbocycles. The monoisotopic (exact) mass is 278 g/mol. The normalized spacial score (nSPS) is 16.0. The van der Waals surface area contributed by atoms with Gasteiger partial charge in [0.25, 0.3) is 5.91 Å². The lowest BCUT2D eigenvalue weighted by Gasteiger charge is -2.26. The molecule has 1 aromatic rings. The van der Waals surface area contributed by atoms with Crippen LogP contribution in [0.25, 0.3) is 0 Å². The number of phenols is 2. The van der Waals surface area contributed by atoms with E-state index in [9.17, 15) is 15.0 Å². The van der Waals surface area contributed by atoms with Crippen LogP contribution >= 0.6 is 0 Å². The Hall–Kier alpha value is -1.75. The van der Waals surface area contributed by atoms with Crippen LogP contribution < -0.4 is 5.32 Å². The van der Waals surface area contributed by atoms with Gasteiger partial charge in [0, 0.05) is 12.1 Å². The SMILES string of the molecule is O=C(NCCCN1CCCCC1)c1ccc(O)c(O)c1. The lowest BCUT2D eigenvalue weighted by Crippen LogP contribution is -2.33. The summed E-state index contributed by atoms with van der Waals surface area (Å²) in [5.74, 6) is -0.712. The Morgan fingerprint density at radius 1 is 1.15 bits per heavy atom. The molecular formula is C15H22N2O3. The van der Waals surface area contributed by atoms with Crippen molar-refractivity contribution in [3.63, 3.8) is 0 Å². The molecule has 0 radical (unpaired) electrons. The first kappa shape index (κ1) is 14.7. The van der Waals surface area contributed by atoms with Crippen molar-refractivity contribution in [3.8, 4) is 11.5 Å². The number of nitrogens with zero attached hydrogens (tertiary/aromatic N) is 1. The molecule has 1 amide bonds. The van der Waals surface area contributed by atoms with Crippen LogP contribution in [0.5, 0.6) is 11.5 Å². The molecule has 0 aromatic heterocycles. The summed E-state index contributed by atoms with van der Waals surface area (Å²) < 4.78 is 0. The third kappa shape index (κ3) is 4.13. The molecule has 1 aromatic carbocycles. The Labute approximate surface area is 119 Å². The zero-order valence-electron chi connectivity index (χ0n) is 11.6. The van der Waals surface area contributed by atoms with Crippen LogP contribution in [0, 0.1) is 0 Å². The van der Waals surface area contributed by atoms with Gasteiger partial charge in [-0.1, -0.05) is 6.42 Å². The van der Waals surface area contributed by atoms with Crippen LogP contribution in [0.15, 0.2) is 18.2 Å². The highest BCUT2D eigenvalue weighted by atomic mass is 16.3. The number of nitrogens with one attached hydrogen (secondary N) is 1. The molecule has 20 heavy (non-hydrogen) atoms. The fourth-order valence-corrected chi connectivity index (χ4v) is 2.45. The van der Waals surface area contributed by atoms with E-state index < -0.39 is 0 Å². The summed E-state index contributed by atoms with van der Waals surface area (Å²) >= 11 is 0. The fourth-order valence-electron chi connectivity index (χ4n) is 2.45. The number of likely N-dealkylation sites (tertiary alicyclic amines) is 1. The average Bonchev–Trinajstić information content (AvgIpc) is 2.47. The number of carbonyl (C=O) groups is 1. The molecule has 5 heteroatoms. The van der Waals surface area contributed by atoms with Gasteiger partial charge in [-0.25, -0.2) is 0 Å². The smallest absolute Gasteiger partial charge is 0.251 e. The van der Waals surface area contributed by atoms with E-state index in [1.54, 1.807) is 0 Å². The summed E-state index contributed by atoms with van der Waals surface area (Å²) in [6, 6.07) is 4.09. The summed E-state index contributed by atoms with van der Waals surface area (Å²) in [5, 5.41) is 21.4. The van der Waals surface area contributed by atoms with Crippen LogP contribution in [-0.4, -0.2) is 47.2 Å². The van der Waals surface area contributed by atoms with E-state index >= 15 is 0 Å². The molecule has 1 fully saturated rings. The Kier molecular flexibility index (Phi) is 5.24. The van der Waals surface area contributed by atoms with E-state index in [1.807, 2.05) is 0 Å². The van der Waals surface area contributed by atoms with Crippen molar-refractivity contribution >= 4 is 5.91 Å². The number of rotatable bonds is 5. The quantitative estimate of drug-likeness (QED) is 0.566. The number of aromatic hydroxyl groups is 2. The van der Waals surface area contributed by atoms with Crippen molar-refractivity contribution in [3.05, 3.63) is 23.8 Å². The zero-order chi connectivity index (χ0) is 14.4. The molecular weight excluding hydrogens is 256 g/mol. The minimum Gasteiger partial charge on any atom is -0.504 e. The summed E-state index contributed by atoms with van der Waals surface area (Å²) in [6.07, 6.45) is 4.81. The maximum atomic E-state index is 11.8. The number of benzene rings is 1. The third-order valence-electron chi connectivity index (χ3n) is 3.62. The number of piperidine rings is 1. The Morgan fingerprint density at radius 2 is 1.90 bits per heavy atom. The average molecular weight is 278 g/mol. The second-order valence-corrected chi connectivity index (χ2v) is 5.22. The predicted octanol–water partition coefficient (Wildman–Crippen LogP) is 1.70. The van der Waals surface area contributed by atoms with Crippen molar-refractivity contribution in [1.29, 1.82) is 0 Å². The number of hydrogen-bond donors (Lipinski definition) is 3. The van der Waals surface area contributed by atoms with Crippen LogP contribution in [0.1, 0.15) is 36.0 Å². The molecule has 0 spiro atoms. The Morgan fingerprint density at radius 3 is 2.60 bits per heavy atom. The third-order valence-corrected chi connectivity index (χ3v) is 3.62. The van der Waals surface area contributed by atoms with Crippen LogP contribution in [0.4, 0.5) is 0 Å². The fraction of sp³-hybridized carbons (Fsp3) is 0.533. The molecule has 1 saturated heterocycles. The van der Waals surface area contributed by atoms with Crippen LogP contribution in [-0.2, 0) is 0 Å². The topological polar surface area (TPSA) is 72.8 Å². The Balaban J connectivity index is 1.70. The van der Waals surface area contributed by atoms with E-state index in [2.05, 4.69) is 10.2 Å². The molecule has 5 nitrogen and oxygen atoms in total. The number of carbonyl (C=O) groups excluding carboxylic acids is 1. The standard InChI is InChI=1S/C15H22N2O3/c18-13-6-5-12(11-14(13)19)15(20)16-7-4-10-17-8-2-1-3-9-17/h5-6,11,18-19H,1-4,7-10H2,(H,16,20). The van der Waals surface area contributed by atoms with Gasteiger partial charge in [0.1, 0.15) is 0 Å². The molecule has 0 bridgehead atoms. The maximum absolute atomic E-state index is 11.8. The van der Waals surface area contributed by atoms with E-state index in [0.717, 1.165) is 13.0 Å². The van der Waals surface area contributed by atoms with Crippen molar-refractivity contribution in [2.75, 3.05) is 26.2 Å². The van der Waals surface area contributed by atoms with E-state index in [0.29, 0.717) is 12.1 Å². The predicted molar refractivity (Wildman–Crippen MR) is 77.0 cm³/mol. The molecule has 110 valence electrons. The summed E-state index contributed by atoms with van der Waals surface area (Å²) in [4.78, 5) is 14.3. The first-order chi connectivity index (χ1) is 9.66. The number of hydrogen-bond acceptors (Lipinski definition) is 4. The lowest BCUT2D eigenvalue weighted by molar-refractivity contribution is 0.0950. The summed E-state index contributed by atoms with van der Waals surface area (Å²) in [6.45, 7) is 3.97. The molecule has 1 heterocycles. The molecule has 1 aliphatic heterocycles. The van der Waals surface area contributed by atoms with Gasteiger partial charge < -0.3 is 20.4 Å². The van der Waals surface area contributed by atoms with E-state index in [1.165, 1.54) is 50.6 Å². The highest BCUT2D eigenvalue weighted by Gasteiger charge is 2.10. The van der Waals surface area contributed by atoms with Gasteiger partial charge >= 0.3 is 0 Å². The van der Waals surface area contributed by atoms with Gasteiger partial charge in [0.15, 0.2) is 11.5 Å². The van der Waals surface area contributed by atoms with Crippen molar-refractivity contribution in [2.24, 2.45) is 0 Å². The molecule has 2 rings (SSSR count). The molecule has 0 unspecified atom stereocenters. The summed E-state index contributed by atoms with van der Waals surface area (Å²) in [5.41, 5.74) is 0.360. The van der Waals surface area contributed by atoms with Crippen molar-refractivity contribution in [2.45, 2.75) is 25.7 Å². The van der Waals surface area contributed by atoms with Gasteiger partial charge in [0.2, 0.25) is 0 Å². The second kappa shape index (κ2) is 7.14. The van der Waals surface area contributed by atoms with Crippen LogP contribution in [0.2, 0.25) is 0 Å². The van der Waals surface area contributed by atoms with E-state index in [4.69, 9.17) is 0 Å². The van der Waals surface area contributed by atoms with Gasteiger partial charge in [-0.05, 0) is 57.1 Å². The summed E-state index contributed by atoms with van der Waals surface area (Å²) in [7, 11) is 0. The largest absolute Gasteiger partial charge is 0.504 e. The minimum atomic E-state index is -0.272.